The van der Waals surface area contributed by atoms with Crippen LogP contribution in [0.3, 0.4) is 0 Å². The summed E-state index contributed by atoms with van der Waals surface area (Å²) < 4.78 is 22.9. The maximum atomic E-state index is 13.0. The van der Waals surface area contributed by atoms with Crippen LogP contribution < -0.4 is 5.11 Å². The van der Waals surface area contributed by atoms with E-state index in [4.69, 9.17) is 18.9 Å². The Kier molecular flexibility index (Phi) is 72.4. The maximum absolute atomic E-state index is 13.0. The molecule has 0 amide bonds. The molecule has 0 aliphatic heterocycles. The van der Waals surface area contributed by atoms with Gasteiger partial charge in [0.25, 0.3) is 0 Å². The number of carbonyl (C=O) groups excluding carboxylic acids is 3. The van der Waals surface area contributed by atoms with Gasteiger partial charge in [-0.25, -0.2) is 0 Å². The van der Waals surface area contributed by atoms with Gasteiger partial charge in [-0.2, -0.15) is 0 Å². The number of unbranched alkanes of at least 4 members (excludes halogenated alkanes) is 46. The fourth-order valence-electron chi connectivity index (χ4n) is 11.8. The molecule has 0 aliphatic rings. The second-order valence-electron chi connectivity index (χ2n) is 28.3. The summed E-state index contributed by atoms with van der Waals surface area (Å²) in [4.78, 5) is 37.6. The zero-order valence-corrected chi connectivity index (χ0v) is 62.6. The zero-order valence-electron chi connectivity index (χ0n) is 62.6. The summed E-state index contributed by atoms with van der Waals surface area (Å²) in [7, 11) is 5.94. The van der Waals surface area contributed by atoms with Gasteiger partial charge < -0.3 is 33.3 Å². The van der Waals surface area contributed by atoms with Crippen LogP contribution in [-0.2, 0) is 33.3 Å². The SMILES string of the molecule is CC/C=C\C/C=C\C/C=C\C/C=C\C/C=C\C/C=C\C/C=C\CCCCCCCCCCCCCC(=O)OC(COC(=O)CCCCCCCCCCCCCCCCCCCCCCCCCCCCCCCCCCCCCC)COC(OCC[N+](C)(C)C)C(=O)[O-]. The first-order valence-electron chi connectivity index (χ1n) is 40.2. The molecule has 0 fully saturated rings. The summed E-state index contributed by atoms with van der Waals surface area (Å²) in [5.41, 5.74) is 0. The normalized spacial score (nSPS) is 13.1. The number of carboxylic acid groups (broad SMARTS) is 1. The highest BCUT2D eigenvalue weighted by molar-refractivity contribution is 5.70. The molecule has 0 aromatic rings. The van der Waals surface area contributed by atoms with E-state index in [0.717, 1.165) is 89.9 Å². The predicted octanol–water partition coefficient (Wildman–Crippen LogP) is 24.4. The first kappa shape index (κ1) is 90.5. The summed E-state index contributed by atoms with van der Waals surface area (Å²) in [6, 6.07) is 0. The third-order valence-electron chi connectivity index (χ3n) is 17.9. The van der Waals surface area contributed by atoms with Crippen LogP contribution in [-0.4, -0.2) is 82.3 Å². The van der Waals surface area contributed by atoms with Crippen molar-refractivity contribution in [1.82, 2.24) is 0 Å². The van der Waals surface area contributed by atoms with Crippen molar-refractivity contribution in [2.45, 2.75) is 392 Å². The van der Waals surface area contributed by atoms with E-state index >= 15 is 0 Å². The summed E-state index contributed by atoms with van der Waals surface area (Å²) in [5.74, 6) is -2.27. The number of esters is 2. The van der Waals surface area contributed by atoms with Gasteiger partial charge in [0.1, 0.15) is 13.2 Å². The number of rotatable bonds is 75. The average molecular weight is 1320 g/mol. The molecule has 0 aromatic carbocycles. The third-order valence-corrected chi connectivity index (χ3v) is 17.9. The Balaban J connectivity index is 4.01. The zero-order chi connectivity index (χ0) is 68.2. The van der Waals surface area contributed by atoms with Crippen LogP contribution in [0.25, 0.3) is 0 Å². The molecular formula is C85H153NO8. The molecule has 9 nitrogen and oxygen atoms in total. The monoisotopic (exact) mass is 1320 g/mol. The number of likely N-dealkylation sites (N-methyl/N-ethyl adjacent to an activating group) is 1. The van der Waals surface area contributed by atoms with Crippen LogP contribution in [0.1, 0.15) is 380 Å². The number of hydrogen-bond acceptors (Lipinski definition) is 8. The Morgan fingerprint density at radius 1 is 0.330 bits per heavy atom. The highest BCUT2D eigenvalue weighted by Gasteiger charge is 2.22. The second kappa shape index (κ2) is 75.2. The van der Waals surface area contributed by atoms with Gasteiger partial charge in [-0.3, -0.25) is 9.59 Å². The van der Waals surface area contributed by atoms with Crippen molar-refractivity contribution in [3.05, 3.63) is 85.1 Å². The molecule has 0 radical (unpaired) electrons. The number of aliphatic carboxylic acids is 1. The molecule has 9 heteroatoms. The topological polar surface area (TPSA) is 111 Å². The Bertz CT molecular complexity index is 1820. The van der Waals surface area contributed by atoms with Crippen LogP contribution in [0.2, 0.25) is 0 Å². The van der Waals surface area contributed by atoms with E-state index in [0.29, 0.717) is 23.9 Å². The average Bonchev–Trinajstić information content (AvgIpc) is 3.35. The molecule has 0 saturated carbocycles. The Morgan fingerprint density at radius 3 is 0.904 bits per heavy atom. The molecule has 0 N–H and O–H groups in total. The van der Waals surface area contributed by atoms with Gasteiger partial charge in [0, 0.05) is 12.8 Å². The van der Waals surface area contributed by atoms with Gasteiger partial charge in [-0.05, 0) is 70.6 Å². The van der Waals surface area contributed by atoms with Crippen molar-refractivity contribution in [2.75, 3.05) is 47.5 Å². The van der Waals surface area contributed by atoms with Gasteiger partial charge in [0.2, 0.25) is 0 Å². The molecule has 2 atom stereocenters. The lowest BCUT2D eigenvalue weighted by Gasteiger charge is -2.26. The van der Waals surface area contributed by atoms with Crippen molar-refractivity contribution in [3.8, 4) is 0 Å². The molecule has 0 rings (SSSR count). The lowest BCUT2D eigenvalue weighted by atomic mass is 10.0. The van der Waals surface area contributed by atoms with Crippen LogP contribution in [0.15, 0.2) is 85.1 Å². The summed E-state index contributed by atoms with van der Waals surface area (Å²) in [5, 5.41) is 11.9. The summed E-state index contributed by atoms with van der Waals surface area (Å²) in [6.07, 6.45) is 100.0. The number of carboxylic acids is 1. The number of nitrogens with zero attached hydrogens (tertiary/aromatic N) is 1. The van der Waals surface area contributed by atoms with Gasteiger partial charge in [0.15, 0.2) is 12.4 Å². The largest absolute Gasteiger partial charge is 0.545 e. The Labute approximate surface area is 582 Å². The second-order valence-corrected chi connectivity index (χ2v) is 28.3. The number of ether oxygens (including phenoxy) is 4. The van der Waals surface area contributed by atoms with Crippen molar-refractivity contribution < 1.29 is 42.9 Å². The van der Waals surface area contributed by atoms with Crippen molar-refractivity contribution in [2.24, 2.45) is 0 Å². The predicted molar refractivity (Wildman–Crippen MR) is 403 cm³/mol. The van der Waals surface area contributed by atoms with Crippen LogP contribution >= 0.6 is 0 Å². The van der Waals surface area contributed by atoms with E-state index in [1.54, 1.807) is 0 Å². The highest BCUT2D eigenvalue weighted by Crippen LogP contribution is 2.19. The van der Waals surface area contributed by atoms with E-state index in [1.807, 2.05) is 21.1 Å². The van der Waals surface area contributed by atoms with Gasteiger partial charge in [0.05, 0.1) is 40.3 Å². The molecule has 94 heavy (non-hydrogen) atoms. The standard InChI is InChI=1S/C85H153NO8/c1-6-8-10-12-14-16-18-20-22-24-26-28-30-32-34-36-38-40-41-42-44-45-47-49-51-53-55-57-59-61-63-65-67-69-71-73-75-82(87)92-79-81(80-93-85(84(89)90)91-78-77-86(3,4)5)94-83(88)76-74-72-70-68-66-64-62-60-58-56-54-52-50-48-46-43-39-37-35-33-31-29-27-25-23-21-19-17-15-13-11-9-7-2/h9,11,15,17,21,23,27,29,33,35,39,43,48,50,81,85H,6-8,10,12-14,16,18-20,22,24-26,28,30-32,34,36-38,40-42,44-47,49,51-80H2,1-5H3/b11-9-,17-15-,23-21-,29-27-,35-33-,43-39-,50-48-. The van der Waals surface area contributed by atoms with Gasteiger partial charge in [-0.15, -0.1) is 0 Å². The number of hydrogen-bond donors (Lipinski definition) is 0. The minimum atomic E-state index is -1.63. The number of quaternary nitrogens is 1. The molecule has 0 bridgehead atoms. The summed E-state index contributed by atoms with van der Waals surface area (Å²) in [6.45, 7) is 4.69. The molecule has 0 aliphatic carbocycles. The van der Waals surface area contributed by atoms with Crippen molar-refractivity contribution in [1.29, 1.82) is 0 Å². The molecular weight excluding hydrogens is 1160 g/mol. The van der Waals surface area contributed by atoms with Gasteiger partial charge in [-0.1, -0.05) is 381 Å². The fraction of sp³-hybridized carbons (Fsp3) is 0.800. The van der Waals surface area contributed by atoms with E-state index in [9.17, 15) is 19.5 Å². The Hall–Kier alpha value is -3.53. The quantitative estimate of drug-likeness (QED) is 0.0195. The third kappa shape index (κ3) is 75.8. The maximum Gasteiger partial charge on any atom is 0.306 e. The van der Waals surface area contributed by atoms with Crippen LogP contribution in [0.4, 0.5) is 0 Å². The smallest absolute Gasteiger partial charge is 0.306 e. The molecule has 0 heterocycles. The van der Waals surface area contributed by atoms with Gasteiger partial charge >= 0.3 is 11.9 Å². The van der Waals surface area contributed by atoms with Crippen molar-refractivity contribution in [3.63, 3.8) is 0 Å². The van der Waals surface area contributed by atoms with Crippen molar-refractivity contribution >= 4 is 17.9 Å². The molecule has 2 unspecified atom stereocenters. The van der Waals surface area contributed by atoms with E-state index in [1.165, 1.54) is 257 Å². The molecule has 0 saturated heterocycles. The van der Waals surface area contributed by atoms with E-state index < -0.39 is 24.3 Å². The first-order valence-corrected chi connectivity index (χ1v) is 40.2. The molecule has 0 aromatic heterocycles. The van der Waals surface area contributed by atoms with E-state index in [2.05, 4.69) is 98.9 Å². The fourth-order valence-corrected chi connectivity index (χ4v) is 11.8. The summed E-state index contributed by atoms with van der Waals surface area (Å²) >= 11 is 0. The highest BCUT2D eigenvalue weighted by atomic mass is 16.7. The minimum absolute atomic E-state index is 0.146. The minimum Gasteiger partial charge on any atom is -0.545 e. The molecule has 546 valence electrons. The first-order chi connectivity index (χ1) is 46.1. The van der Waals surface area contributed by atoms with Crippen LogP contribution in [0, 0.1) is 0 Å². The van der Waals surface area contributed by atoms with E-state index in [-0.39, 0.29) is 32.2 Å². The number of carbonyl (C=O) groups is 3. The molecule has 0 spiro atoms. The van der Waals surface area contributed by atoms with Crippen LogP contribution in [0.5, 0.6) is 0 Å². The Morgan fingerprint density at radius 2 is 0.606 bits per heavy atom. The lowest BCUT2D eigenvalue weighted by molar-refractivity contribution is -0.870. The lowest BCUT2D eigenvalue weighted by Crippen LogP contribution is -2.44. The number of allylic oxidation sites excluding steroid dienone is 14.